The van der Waals surface area contributed by atoms with Crippen molar-refractivity contribution in [1.29, 1.82) is 0 Å². The molecule has 148 valence electrons. The number of anilines is 1. The van der Waals surface area contributed by atoms with E-state index in [1.165, 1.54) is 36.4 Å². The van der Waals surface area contributed by atoms with Gasteiger partial charge >= 0.3 is 0 Å². The molecule has 3 saturated heterocycles. The molecule has 0 aromatic heterocycles. The van der Waals surface area contributed by atoms with Crippen LogP contribution >= 0.6 is 0 Å². The van der Waals surface area contributed by atoms with E-state index in [1.54, 1.807) is 12.1 Å². The van der Waals surface area contributed by atoms with E-state index in [4.69, 9.17) is 0 Å². The van der Waals surface area contributed by atoms with Gasteiger partial charge in [-0.25, -0.2) is 19.3 Å². The topological polar surface area (TPSA) is 87.0 Å². The summed E-state index contributed by atoms with van der Waals surface area (Å²) in [6.45, 7) is 1.40. The second-order valence-corrected chi connectivity index (χ2v) is 7.43. The van der Waals surface area contributed by atoms with E-state index in [0.717, 1.165) is 23.4 Å². The zero-order valence-electron chi connectivity index (χ0n) is 15.3. The number of amides is 2. The van der Waals surface area contributed by atoms with Crippen LogP contribution in [0.2, 0.25) is 0 Å². The van der Waals surface area contributed by atoms with Gasteiger partial charge in [0, 0.05) is 25.2 Å². The van der Waals surface area contributed by atoms with Crippen molar-refractivity contribution in [2.75, 3.05) is 18.0 Å². The number of nitrogens with zero attached hydrogens (tertiary/aromatic N) is 4. The summed E-state index contributed by atoms with van der Waals surface area (Å²) in [5, 5.41) is 14.9. The maximum Gasteiger partial charge on any atom is 0.269 e. The van der Waals surface area contributed by atoms with E-state index >= 15 is 0 Å². The second-order valence-electron chi connectivity index (χ2n) is 7.43. The maximum atomic E-state index is 13.4. The van der Waals surface area contributed by atoms with Crippen LogP contribution in [0.5, 0.6) is 0 Å². The fourth-order valence-electron chi connectivity index (χ4n) is 4.75. The third-order valence-corrected chi connectivity index (χ3v) is 5.94. The zero-order chi connectivity index (χ0) is 20.3. The minimum atomic E-state index is -0.616. The minimum absolute atomic E-state index is 0.108. The molecule has 8 nitrogen and oxygen atoms in total. The van der Waals surface area contributed by atoms with Crippen molar-refractivity contribution >= 4 is 23.2 Å². The lowest BCUT2D eigenvalue weighted by Crippen LogP contribution is -2.44. The quantitative estimate of drug-likeness (QED) is 0.449. The van der Waals surface area contributed by atoms with Gasteiger partial charge in [0.25, 0.3) is 11.6 Å². The molecule has 3 heterocycles. The number of nitro groups is 1. The van der Waals surface area contributed by atoms with E-state index in [9.17, 15) is 24.1 Å². The van der Waals surface area contributed by atoms with Gasteiger partial charge < -0.3 is 0 Å². The Morgan fingerprint density at radius 3 is 2.14 bits per heavy atom. The summed E-state index contributed by atoms with van der Waals surface area (Å²) in [5.74, 6) is -1.63. The number of halogens is 1. The van der Waals surface area contributed by atoms with Gasteiger partial charge in [0.05, 0.1) is 22.6 Å². The standard InChI is InChI=1S/C20H17FN4O4/c21-13-4-2-12(3-5-13)17-16-18(23-11-1-10-22(17)23)20(27)24(19(16)26)14-6-8-15(9-7-14)25(28)29/h2-9,16-18H,1,10-11H2/t16-,17+,18+/m1/s1. The molecule has 2 aromatic carbocycles. The molecule has 9 heteroatoms. The Hall–Kier alpha value is -3.17. The van der Waals surface area contributed by atoms with E-state index in [0.29, 0.717) is 12.2 Å². The zero-order valence-corrected chi connectivity index (χ0v) is 15.3. The van der Waals surface area contributed by atoms with Crippen LogP contribution in [-0.2, 0) is 9.59 Å². The number of hydrogen-bond acceptors (Lipinski definition) is 6. The number of hydrazine groups is 1. The summed E-state index contributed by atoms with van der Waals surface area (Å²) in [6, 6.07) is 10.5. The Morgan fingerprint density at radius 1 is 0.897 bits per heavy atom. The molecule has 2 amide bonds. The molecule has 3 aliphatic heterocycles. The molecule has 2 aromatic rings. The van der Waals surface area contributed by atoms with Crippen LogP contribution in [0.3, 0.4) is 0 Å². The highest BCUT2D eigenvalue weighted by Crippen LogP contribution is 2.48. The summed E-state index contributed by atoms with van der Waals surface area (Å²) < 4.78 is 13.4. The first kappa shape index (κ1) is 17.9. The summed E-state index contributed by atoms with van der Waals surface area (Å²) in [6.07, 6.45) is 0.875. The molecular formula is C20H17FN4O4. The number of nitro benzene ring substituents is 1. The van der Waals surface area contributed by atoms with E-state index in [2.05, 4.69) is 0 Å². The molecule has 0 spiro atoms. The summed E-state index contributed by atoms with van der Waals surface area (Å²) >= 11 is 0. The van der Waals surface area contributed by atoms with Gasteiger partial charge in [-0.1, -0.05) is 12.1 Å². The van der Waals surface area contributed by atoms with E-state index < -0.39 is 16.9 Å². The van der Waals surface area contributed by atoms with E-state index in [1.807, 2.05) is 10.0 Å². The van der Waals surface area contributed by atoms with Gasteiger partial charge in [0.1, 0.15) is 11.9 Å². The predicted octanol–water partition coefficient (Wildman–Crippen LogP) is 2.27. The number of imide groups is 1. The number of fused-ring (bicyclic) bond motifs is 3. The monoisotopic (exact) mass is 396 g/mol. The van der Waals surface area contributed by atoms with Crippen molar-refractivity contribution in [2.45, 2.75) is 18.5 Å². The lowest BCUT2D eigenvalue weighted by atomic mass is 9.90. The van der Waals surface area contributed by atoms with Crippen molar-refractivity contribution in [2.24, 2.45) is 5.92 Å². The average Bonchev–Trinajstić information content (AvgIpc) is 3.35. The third kappa shape index (κ3) is 2.58. The van der Waals surface area contributed by atoms with Gasteiger partial charge in [-0.3, -0.25) is 19.7 Å². The number of carbonyl (C=O) groups excluding carboxylic acids is 2. The van der Waals surface area contributed by atoms with Gasteiger partial charge in [-0.2, -0.15) is 0 Å². The van der Waals surface area contributed by atoms with Gasteiger partial charge in [0.2, 0.25) is 5.91 Å². The Balaban J connectivity index is 1.54. The largest absolute Gasteiger partial charge is 0.274 e. The number of benzene rings is 2. The van der Waals surface area contributed by atoms with Crippen LogP contribution in [0, 0.1) is 21.8 Å². The maximum absolute atomic E-state index is 13.4. The molecule has 0 aliphatic carbocycles. The SMILES string of the molecule is O=C1[C@H]2[C@@H](C(=O)N1c1ccc([N+](=O)[O-])cc1)N1CCCN1[C@H]2c1ccc(F)cc1. The van der Waals surface area contributed by atoms with Crippen LogP contribution in [0.1, 0.15) is 18.0 Å². The van der Waals surface area contributed by atoms with Crippen molar-refractivity contribution in [1.82, 2.24) is 10.0 Å². The van der Waals surface area contributed by atoms with Gasteiger partial charge in [-0.15, -0.1) is 0 Å². The molecule has 3 atom stereocenters. The van der Waals surface area contributed by atoms with Crippen molar-refractivity contribution < 1.29 is 18.9 Å². The Morgan fingerprint density at radius 2 is 1.52 bits per heavy atom. The average molecular weight is 396 g/mol. The summed E-state index contributed by atoms with van der Waals surface area (Å²) in [5.41, 5.74) is 1.00. The molecule has 0 unspecified atom stereocenters. The molecule has 3 fully saturated rings. The van der Waals surface area contributed by atoms with Gasteiger partial charge in [0.15, 0.2) is 0 Å². The second kappa shape index (κ2) is 6.43. The molecule has 0 bridgehead atoms. The van der Waals surface area contributed by atoms with Crippen LogP contribution in [0.4, 0.5) is 15.8 Å². The Kier molecular flexibility index (Phi) is 3.97. The molecule has 0 saturated carbocycles. The molecule has 3 aliphatic rings. The smallest absolute Gasteiger partial charge is 0.269 e. The third-order valence-electron chi connectivity index (χ3n) is 5.94. The molecular weight excluding hydrogens is 379 g/mol. The Labute approximate surface area is 165 Å². The lowest BCUT2D eigenvalue weighted by molar-refractivity contribution is -0.384. The Bertz CT molecular complexity index is 1010. The van der Waals surface area contributed by atoms with Crippen LogP contribution in [0.25, 0.3) is 0 Å². The fourth-order valence-corrected chi connectivity index (χ4v) is 4.75. The van der Waals surface area contributed by atoms with Gasteiger partial charge in [-0.05, 0) is 36.2 Å². The van der Waals surface area contributed by atoms with Crippen molar-refractivity contribution in [3.05, 3.63) is 70.0 Å². The van der Waals surface area contributed by atoms with Crippen LogP contribution in [0.15, 0.2) is 48.5 Å². The molecule has 0 N–H and O–H groups in total. The first-order valence-corrected chi connectivity index (χ1v) is 9.38. The number of non-ortho nitro benzene ring substituents is 1. The molecule has 29 heavy (non-hydrogen) atoms. The predicted molar refractivity (Wildman–Crippen MR) is 100 cm³/mol. The van der Waals surface area contributed by atoms with Crippen LogP contribution in [-0.4, -0.2) is 45.9 Å². The van der Waals surface area contributed by atoms with Crippen molar-refractivity contribution in [3.63, 3.8) is 0 Å². The highest BCUT2D eigenvalue weighted by atomic mass is 19.1. The normalized spacial score (nSPS) is 26.8. The lowest BCUT2D eigenvalue weighted by Gasteiger charge is -2.29. The minimum Gasteiger partial charge on any atom is -0.274 e. The van der Waals surface area contributed by atoms with E-state index in [-0.39, 0.29) is 29.4 Å². The highest BCUT2D eigenvalue weighted by molar-refractivity contribution is 6.24. The number of rotatable bonds is 3. The highest BCUT2D eigenvalue weighted by Gasteiger charge is 2.62. The first-order chi connectivity index (χ1) is 14.0. The number of hydrogen-bond donors (Lipinski definition) is 0. The molecule has 5 rings (SSSR count). The number of carbonyl (C=O) groups is 2. The summed E-state index contributed by atoms with van der Waals surface area (Å²) in [7, 11) is 0. The first-order valence-electron chi connectivity index (χ1n) is 9.38. The fraction of sp³-hybridized carbons (Fsp3) is 0.300. The van der Waals surface area contributed by atoms with Crippen molar-refractivity contribution in [3.8, 4) is 0 Å². The van der Waals surface area contributed by atoms with Crippen LogP contribution < -0.4 is 4.90 Å². The molecule has 0 radical (unpaired) electrons. The summed E-state index contributed by atoms with van der Waals surface area (Å²) in [4.78, 5) is 38.1.